The highest BCUT2D eigenvalue weighted by Crippen LogP contribution is 2.38. The molecule has 0 aromatic carbocycles. The maximum atomic E-state index is 12.7. The molecule has 0 unspecified atom stereocenters. The molecule has 0 radical (unpaired) electrons. The Balaban J connectivity index is 1.71. The number of carbonyl (C=O) groups excluding carboxylic acids is 2. The van der Waals surface area contributed by atoms with Gasteiger partial charge in [-0.2, -0.15) is 0 Å². The smallest absolute Gasteiger partial charge is 0.341 e. The van der Waals surface area contributed by atoms with Crippen molar-refractivity contribution in [1.29, 1.82) is 0 Å². The topological polar surface area (TPSA) is 55.4 Å². The van der Waals surface area contributed by atoms with Crippen molar-refractivity contribution in [3.05, 3.63) is 16.0 Å². The van der Waals surface area contributed by atoms with Crippen LogP contribution in [0.2, 0.25) is 0 Å². The van der Waals surface area contributed by atoms with E-state index in [0.717, 1.165) is 49.1 Å². The molecule has 1 aromatic rings. The number of esters is 1. The molecule has 1 N–H and O–H groups in total. The molecule has 26 heavy (non-hydrogen) atoms. The van der Waals surface area contributed by atoms with E-state index in [1.54, 1.807) is 11.3 Å². The normalized spacial score (nSPS) is 17.6. The Morgan fingerprint density at radius 1 is 1.12 bits per heavy atom. The third-order valence-electron chi connectivity index (χ3n) is 5.57. The van der Waals surface area contributed by atoms with Gasteiger partial charge in [-0.15, -0.1) is 11.3 Å². The van der Waals surface area contributed by atoms with Crippen LogP contribution < -0.4 is 5.32 Å². The van der Waals surface area contributed by atoms with Crippen LogP contribution in [0.3, 0.4) is 0 Å². The first-order valence-corrected chi connectivity index (χ1v) is 11.1. The van der Waals surface area contributed by atoms with Crippen molar-refractivity contribution in [1.82, 2.24) is 0 Å². The zero-order valence-electron chi connectivity index (χ0n) is 15.9. The van der Waals surface area contributed by atoms with Gasteiger partial charge >= 0.3 is 5.97 Å². The molecule has 2 aliphatic rings. The van der Waals surface area contributed by atoms with Crippen molar-refractivity contribution in [2.75, 3.05) is 11.9 Å². The molecule has 0 saturated heterocycles. The lowest BCUT2D eigenvalue weighted by Gasteiger charge is -2.10. The summed E-state index contributed by atoms with van der Waals surface area (Å²) in [5, 5.41) is 3.77. The van der Waals surface area contributed by atoms with Gasteiger partial charge in [0, 0.05) is 11.3 Å². The van der Waals surface area contributed by atoms with Crippen molar-refractivity contribution in [2.45, 2.75) is 84.0 Å². The Morgan fingerprint density at radius 2 is 1.88 bits per heavy atom. The van der Waals surface area contributed by atoms with Crippen LogP contribution in [0.25, 0.3) is 0 Å². The Kier molecular flexibility index (Phi) is 7.12. The van der Waals surface area contributed by atoms with Crippen molar-refractivity contribution in [2.24, 2.45) is 5.92 Å². The fourth-order valence-corrected chi connectivity index (χ4v) is 5.43. The number of aryl methyl sites for hydroxylation is 1. The fourth-order valence-electron chi connectivity index (χ4n) is 4.14. The number of thiophene rings is 1. The van der Waals surface area contributed by atoms with Gasteiger partial charge in [-0.05, 0) is 50.0 Å². The molecule has 3 rings (SSSR count). The third kappa shape index (κ3) is 4.87. The monoisotopic (exact) mass is 377 g/mol. The molecule has 5 heteroatoms. The highest BCUT2D eigenvalue weighted by atomic mass is 32.1. The van der Waals surface area contributed by atoms with Crippen molar-refractivity contribution < 1.29 is 14.3 Å². The highest BCUT2D eigenvalue weighted by molar-refractivity contribution is 7.17. The van der Waals surface area contributed by atoms with Gasteiger partial charge in [0.1, 0.15) is 5.00 Å². The van der Waals surface area contributed by atoms with Gasteiger partial charge in [0.05, 0.1) is 12.2 Å². The maximum Gasteiger partial charge on any atom is 0.341 e. The SMILES string of the molecule is CCCOC(=O)c1c(NC(=O)CCC2CCCC2)sc2c1CCCCC2. The number of hydrogen-bond donors (Lipinski definition) is 1. The summed E-state index contributed by atoms with van der Waals surface area (Å²) < 4.78 is 5.42. The molecule has 1 heterocycles. The van der Waals surface area contributed by atoms with E-state index in [9.17, 15) is 9.59 Å². The van der Waals surface area contributed by atoms with Crippen LogP contribution in [-0.4, -0.2) is 18.5 Å². The Labute approximate surface area is 160 Å². The second kappa shape index (κ2) is 9.54. The Hall–Kier alpha value is -1.36. The number of carbonyl (C=O) groups is 2. The minimum absolute atomic E-state index is 0.0397. The second-order valence-electron chi connectivity index (χ2n) is 7.64. The van der Waals surface area contributed by atoms with E-state index < -0.39 is 0 Å². The molecule has 0 bridgehead atoms. The minimum Gasteiger partial charge on any atom is -0.462 e. The molecule has 0 spiro atoms. The van der Waals surface area contributed by atoms with Crippen molar-refractivity contribution in [3.8, 4) is 0 Å². The lowest BCUT2D eigenvalue weighted by atomic mass is 10.0. The summed E-state index contributed by atoms with van der Waals surface area (Å²) in [6.07, 6.45) is 12.8. The zero-order valence-corrected chi connectivity index (χ0v) is 16.7. The molecule has 1 fully saturated rings. The number of rotatable bonds is 7. The van der Waals surface area contributed by atoms with E-state index in [1.807, 2.05) is 6.92 Å². The molecule has 0 atom stereocenters. The van der Waals surface area contributed by atoms with Gasteiger partial charge in [-0.25, -0.2) is 4.79 Å². The third-order valence-corrected chi connectivity index (χ3v) is 6.78. The first kappa shape index (κ1) is 19.4. The first-order chi connectivity index (χ1) is 12.7. The van der Waals surface area contributed by atoms with E-state index in [0.29, 0.717) is 24.5 Å². The summed E-state index contributed by atoms with van der Waals surface area (Å²) in [4.78, 5) is 26.4. The summed E-state index contributed by atoms with van der Waals surface area (Å²) in [5.41, 5.74) is 1.76. The summed E-state index contributed by atoms with van der Waals surface area (Å²) in [6.45, 7) is 2.42. The van der Waals surface area contributed by atoms with E-state index in [2.05, 4.69) is 5.32 Å². The average Bonchev–Trinajstić information content (AvgIpc) is 3.20. The van der Waals surface area contributed by atoms with Gasteiger partial charge in [0.2, 0.25) is 5.91 Å². The molecule has 1 aromatic heterocycles. The van der Waals surface area contributed by atoms with E-state index >= 15 is 0 Å². The summed E-state index contributed by atoms with van der Waals surface area (Å²) in [6, 6.07) is 0. The Morgan fingerprint density at radius 3 is 2.65 bits per heavy atom. The second-order valence-corrected chi connectivity index (χ2v) is 8.75. The quantitative estimate of drug-likeness (QED) is 0.505. The van der Waals surface area contributed by atoms with Crippen molar-refractivity contribution in [3.63, 3.8) is 0 Å². The Bertz CT molecular complexity index is 631. The predicted molar refractivity (Wildman–Crippen MR) is 106 cm³/mol. The number of fused-ring (bicyclic) bond motifs is 1. The average molecular weight is 378 g/mol. The lowest BCUT2D eigenvalue weighted by molar-refractivity contribution is -0.116. The molecule has 1 saturated carbocycles. The minimum atomic E-state index is -0.266. The number of ether oxygens (including phenoxy) is 1. The maximum absolute atomic E-state index is 12.7. The summed E-state index contributed by atoms with van der Waals surface area (Å²) in [7, 11) is 0. The zero-order chi connectivity index (χ0) is 18.4. The molecule has 0 aliphatic heterocycles. The summed E-state index contributed by atoms with van der Waals surface area (Å²) >= 11 is 1.59. The van der Waals surface area contributed by atoms with E-state index in [-0.39, 0.29) is 11.9 Å². The molecule has 144 valence electrons. The number of hydrogen-bond acceptors (Lipinski definition) is 4. The fraction of sp³-hybridized carbons (Fsp3) is 0.714. The van der Waals surface area contributed by atoms with Gasteiger partial charge in [-0.3, -0.25) is 4.79 Å². The van der Waals surface area contributed by atoms with Crippen LogP contribution in [0.1, 0.15) is 91.9 Å². The largest absolute Gasteiger partial charge is 0.462 e. The van der Waals surface area contributed by atoms with E-state index in [4.69, 9.17) is 4.74 Å². The van der Waals surface area contributed by atoms with Crippen LogP contribution in [0.4, 0.5) is 5.00 Å². The molecular formula is C21H31NO3S. The van der Waals surface area contributed by atoms with Crippen LogP contribution in [-0.2, 0) is 22.4 Å². The van der Waals surface area contributed by atoms with Gasteiger partial charge < -0.3 is 10.1 Å². The molecule has 1 amide bonds. The summed E-state index contributed by atoms with van der Waals surface area (Å²) in [5.74, 6) is 0.477. The predicted octanol–water partition coefficient (Wildman–Crippen LogP) is 5.49. The molecular weight excluding hydrogens is 346 g/mol. The van der Waals surface area contributed by atoms with Crippen LogP contribution in [0, 0.1) is 5.92 Å². The van der Waals surface area contributed by atoms with Crippen LogP contribution in [0.15, 0.2) is 0 Å². The number of anilines is 1. The molecule has 2 aliphatic carbocycles. The lowest BCUT2D eigenvalue weighted by Crippen LogP contribution is -2.16. The molecule has 4 nitrogen and oxygen atoms in total. The standard InChI is InChI=1S/C21H31NO3S/c1-2-14-25-21(24)19-16-10-4-3-5-11-17(16)26-20(19)22-18(23)13-12-15-8-6-7-9-15/h15H,2-14H2,1H3,(H,22,23). The number of amides is 1. The van der Waals surface area contributed by atoms with Gasteiger partial charge in [-0.1, -0.05) is 39.0 Å². The van der Waals surface area contributed by atoms with Crippen LogP contribution >= 0.6 is 11.3 Å². The first-order valence-electron chi connectivity index (χ1n) is 10.3. The number of nitrogens with one attached hydrogen (secondary N) is 1. The van der Waals surface area contributed by atoms with Crippen LogP contribution in [0.5, 0.6) is 0 Å². The highest BCUT2D eigenvalue weighted by Gasteiger charge is 2.27. The van der Waals surface area contributed by atoms with Gasteiger partial charge in [0.25, 0.3) is 0 Å². The van der Waals surface area contributed by atoms with Crippen molar-refractivity contribution >= 4 is 28.2 Å². The van der Waals surface area contributed by atoms with E-state index in [1.165, 1.54) is 37.0 Å². The van der Waals surface area contributed by atoms with Gasteiger partial charge in [0.15, 0.2) is 0 Å².